The standard InChI is InChI=1S/C18H17N3O2/c1-2-3-12-23-18(22)15-6-10-17(11-7-15)21-20-16-8-4-14(13-19)5-9-16/h4-11H,2-3,12H2,1H3. The quantitative estimate of drug-likeness (QED) is 0.431. The second-order valence-electron chi connectivity index (χ2n) is 4.90. The predicted molar refractivity (Wildman–Crippen MR) is 87.0 cm³/mol. The number of hydrogen-bond acceptors (Lipinski definition) is 5. The molecule has 2 rings (SSSR count). The van der Waals surface area contributed by atoms with Crippen molar-refractivity contribution in [2.45, 2.75) is 19.8 Å². The van der Waals surface area contributed by atoms with Crippen molar-refractivity contribution in [3.05, 3.63) is 59.7 Å². The van der Waals surface area contributed by atoms with Gasteiger partial charge >= 0.3 is 5.97 Å². The van der Waals surface area contributed by atoms with Gasteiger partial charge < -0.3 is 4.74 Å². The monoisotopic (exact) mass is 307 g/mol. The summed E-state index contributed by atoms with van der Waals surface area (Å²) < 4.78 is 5.14. The van der Waals surface area contributed by atoms with Crippen molar-refractivity contribution in [1.29, 1.82) is 5.26 Å². The molecule has 116 valence electrons. The summed E-state index contributed by atoms with van der Waals surface area (Å²) in [5, 5.41) is 16.9. The van der Waals surface area contributed by atoms with Crippen LogP contribution in [0.3, 0.4) is 0 Å². The number of nitriles is 1. The highest BCUT2D eigenvalue weighted by atomic mass is 16.5. The summed E-state index contributed by atoms with van der Waals surface area (Å²) in [5.41, 5.74) is 2.37. The Balaban J connectivity index is 1.97. The lowest BCUT2D eigenvalue weighted by molar-refractivity contribution is 0.0500. The fourth-order valence-electron chi connectivity index (χ4n) is 1.77. The van der Waals surface area contributed by atoms with Crippen molar-refractivity contribution in [3.8, 4) is 6.07 Å². The minimum atomic E-state index is -0.325. The maximum absolute atomic E-state index is 11.8. The van der Waals surface area contributed by atoms with Gasteiger partial charge in [-0.25, -0.2) is 4.79 Å². The molecule has 0 atom stereocenters. The zero-order valence-corrected chi connectivity index (χ0v) is 12.9. The smallest absolute Gasteiger partial charge is 0.338 e. The van der Waals surface area contributed by atoms with E-state index in [0.29, 0.717) is 29.1 Å². The number of rotatable bonds is 6. The van der Waals surface area contributed by atoms with E-state index in [9.17, 15) is 4.79 Å². The Hall–Kier alpha value is -3.00. The fraction of sp³-hybridized carbons (Fsp3) is 0.222. The van der Waals surface area contributed by atoms with Crippen molar-refractivity contribution in [2.75, 3.05) is 6.61 Å². The number of carbonyl (C=O) groups excluding carboxylic acids is 1. The van der Waals surface area contributed by atoms with E-state index in [1.165, 1.54) is 0 Å². The molecule has 0 aromatic heterocycles. The van der Waals surface area contributed by atoms with Gasteiger partial charge in [0.15, 0.2) is 0 Å². The highest BCUT2D eigenvalue weighted by Gasteiger charge is 2.06. The van der Waals surface area contributed by atoms with Crippen molar-refractivity contribution in [1.82, 2.24) is 0 Å². The van der Waals surface area contributed by atoms with E-state index in [2.05, 4.69) is 10.2 Å². The number of carbonyl (C=O) groups is 1. The number of azo groups is 1. The molecule has 0 amide bonds. The molecule has 0 N–H and O–H groups in total. The van der Waals surface area contributed by atoms with Crippen LogP contribution < -0.4 is 0 Å². The first-order valence-corrected chi connectivity index (χ1v) is 7.42. The maximum Gasteiger partial charge on any atom is 0.338 e. The zero-order chi connectivity index (χ0) is 16.5. The van der Waals surface area contributed by atoms with Crippen LogP contribution >= 0.6 is 0 Å². The number of ether oxygens (including phenoxy) is 1. The lowest BCUT2D eigenvalue weighted by Gasteiger charge is -2.03. The van der Waals surface area contributed by atoms with Gasteiger partial charge in [0, 0.05) is 0 Å². The van der Waals surface area contributed by atoms with E-state index < -0.39 is 0 Å². The molecule has 0 fully saturated rings. The van der Waals surface area contributed by atoms with Crippen molar-refractivity contribution in [2.24, 2.45) is 10.2 Å². The first-order valence-electron chi connectivity index (χ1n) is 7.42. The Bertz CT molecular complexity index is 713. The van der Waals surface area contributed by atoms with Crippen LogP contribution in [-0.2, 0) is 4.74 Å². The van der Waals surface area contributed by atoms with Crippen LogP contribution in [0, 0.1) is 11.3 Å². The van der Waals surface area contributed by atoms with Crippen molar-refractivity contribution in [3.63, 3.8) is 0 Å². The van der Waals surface area contributed by atoms with Crippen LogP contribution in [0.2, 0.25) is 0 Å². The summed E-state index contributed by atoms with van der Waals surface area (Å²) in [6.45, 7) is 2.48. The number of unbranched alkanes of at least 4 members (excludes halogenated alkanes) is 1. The van der Waals surface area contributed by atoms with Crippen LogP contribution in [0.5, 0.6) is 0 Å². The second kappa shape index (κ2) is 8.44. The minimum Gasteiger partial charge on any atom is -0.462 e. The molecule has 0 saturated heterocycles. The van der Waals surface area contributed by atoms with Crippen LogP contribution in [0.1, 0.15) is 35.7 Å². The summed E-state index contributed by atoms with van der Waals surface area (Å²) in [7, 11) is 0. The summed E-state index contributed by atoms with van der Waals surface area (Å²) in [6.07, 6.45) is 1.85. The minimum absolute atomic E-state index is 0.325. The SMILES string of the molecule is CCCCOC(=O)c1ccc(N=Nc2ccc(C#N)cc2)cc1. The number of nitrogens with zero attached hydrogens (tertiary/aromatic N) is 3. The number of benzene rings is 2. The lowest BCUT2D eigenvalue weighted by atomic mass is 10.2. The third kappa shape index (κ3) is 5.04. The topological polar surface area (TPSA) is 74.8 Å². The van der Waals surface area contributed by atoms with Gasteiger partial charge in [0.05, 0.1) is 35.2 Å². The van der Waals surface area contributed by atoms with E-state index in [1.54, 1.807) is 48.5 Å². The molecule has 0 aliphatic rings. The molecular formula is C18H17N3O2. The van der Waals surface area contributed by atoms with Crippen molar-refractivity contribution < 1.29 is 9.53 Å². The van der Waals surface area contributed by atoms with Crippen molar-refractivity contribution >= 4 is 17.3 Å². The van der Waals surface area contributed by atoms with E-state index in [0.717, 1.165) is 12.8 Å². The highest BCUT2D eigenvalue weighted by Crippen LogP contribution is 2.19. The van der Waals surface area contributed by atoms with E-state index in [-0.39, 0.29) is 5.97 Å². The van der Waals surface area contributed by atoms with Crippen LogP contribution in [0.15, 0.2) is 58.8 Å². The summed E-state index contributed by atoms with van der Waals surface area (Å²) in [5.74, 6) is -0.325. The molecule has 0 bridgehead atoms. The molecule has 2 aromatic rings. The molecule has 5 heteroatoms. The third-order valence-corrected chi connectivity index (χ3v) is 3.11. The van der Waals surface area contributed by atoms with Gasteiger partial charge in [-0.2, -0.15) is 15.5 Å². The van der Waals surface area contributed by atoms with Crippen LogP contribution in [0.25, 0.3) is 0 Å². The molecule has 0 saturated carbocycles. The molecule has 0 aliphatic carbocycles. The van der Waals surface area contributed by atoms with Gasteiger partial charge in [-0.3, -0.25) is 0 Å². The Labute approximate surface area is 135 Å². The lowest BCUT2D eigenvalue weighted by Crippen LogP contribution is -2.05. The van der Waals surface area contributed by atoms with E-state index >= 15 is 0 Å². The number of hydrogen-bond donors (Lipinski definition) is 0. The maximum atomic E-state index is 11.8. The predicted octanol–water partition coefficient (Wildman–Crippen LogP) is 4.93. The molecule has 0 heterocycles. The first kappa shape index (κ1) is 16.4. The van der Waals surface area contributed by atoms with Crippen LogP contribution in [0.4, 0.5) is 11.4 Å². The van der Waals surface area contributed by atoms with E-state index in [1.807, 2.05) is 13.0 Å². The van der Waals surface area contributed by atoms with Gasteiger partial charge in [0.1, 0.15) is 0 Å². The molecule has 2 aromatic carbocycles. The van der Waals surface area contributed by atoms with E-state index in [4.69, 9.17) is 10.00 Å². The third-order valence-electron chi connectivity index (χ3n) is 3.11. The fourth-order valence-corrected chi connectivity index (χ4v) is 1.77. The Morgan fingerprint density at radius 2 is 1.61 bits per heavy atom. The highest BCUT2D eigenvalue weighted by molar-refractivity contribution is 5.89. The molecule has 0 spiro atoms. The largest absolute Gasteiger partial charge is 0.462 e. The molecule has 0 aliphatic heterocycles. The first-order chi connectivity index (χ1) is 11.2. The molecule has 5 nitrogen and oxygen atoms in total. The van der Waals surface area contributed by atoms with Gasteiger partial charge in [0.25, 0.3) is 0 Å². The molecular weight excluding hydrogens is 290 g/mol. The second-order valence-corrected chi connectivity index (χ2v) is 4.90. The van der Waals surface area contributed by atoms with Crippen LogP contribution in [-0.4, -0.2) is 12.6 Å². The average molecular weight is 307 g/mol. The van der Waals surface area contributed by atoms with Gasteiger partial charge in [-0.1, -0.05) is 13.3 Å². The Kier molecular flexibility index (Phi) is 6.01. The summed E-state index contributed by atoms with van der Waals surface area (Å²) >= 11 is 0. The van der Waals surface area contributed by atoms with Gasteiger partial charge in [-0.05, 0) is 55.0 Å². The Morgan fingerprint density at radius 1 is 1.04 bits per heavy atom. The summed E-state index contributed by atoms with van der Waals surface area (Å²) in [6, 6.07) is 15.6. The normalized spacial score (nSPS) is 10.4. The average Bonchev–Trinajstić information content (AvgIpc) is 2.61. The molecule has 23 heavy (non-hydrogen) atoms. The zero-order valence-electron chi connectivity index (χ0n) is 12.9. The Morgan fingerprint density at radius 3 is 2.13 bits per heavy atom. The van der Waals surface area contributed by atoms with Gasteiger partial charge in [-0.15, -0.1) is 0 Å². The number of esters is 1. The summed E-state index contributed by atoms with van der Waals surface area (Å²) in [4.78, 5) is 11.8. The molecule has 0 unspecified atom stereocenters. The molecule has 0 radical (unpaired) electrons. The van der Waals surface area contributed by atoms with Gasteiger partial charge in [0.2, 0.25) is 0 Å².